The largest absolute Gasteiger partial charge is 0.490 e. The maximum absolute atomic E-state index is 11.5. The molecule has 0 aromatic carbocycles. The van der Waals surface area contributed by atoms with E-state index in [0.717, 1.165) is 0 Å². The summed E-state index contributed by atoms with van der Waals surface area (Å²) in [5.74, 6) is -1.05. The number of likely N-dealkylation sites (tertiary alicyclic amines) is 1. The van der Waals surface area contributed by atoms with Crippen molar-refractivity contribution in [1.82, 2.24) is 4.90 Å². The standard InChI is InChI=1S/C10H15BNO4/c1-2-7-8(13)6-9(14)12(7)5-3-4-11-10(15)16/h2,7-8,13H,1,3-6H2,(H,15,16)/t7-,8+/m0/s1. The molecule has 1 radical (unpaired) electrons. The second kappa shape index (κ2) is 5.70. The Morgan fingerprint density at radius 2 is 2.38 bits per heavy atom. The quantitative estimate of drug-likeness (QED) is 0.387. The van der Waals surface area contributed by atoms with E-state index in [1.165, 1.54) is 7.28 Å². The van der Waals surface area contributed by atoms with Gasteiger partial charge in [0.1, 0.15) is 0 Å². The normalized spacial score (nSPS) is 24.6. The Kier molecular flexibility index (Phi) is 4.55. The highest BCUT2D eigenvalue weighted by Crippen LogP contribution is 2.20. The van der Waals surface area contributed by atoms with Gasteiger partial charge >= 0.3 is 0 Å². The lowest BCUT2D eigenvalue weighted by Gasteiger charge is -2.23. The van der Waals surface area contributed by atoms with E-state index in [1.54, 1.807) is 11.0 Å². The molecule has 0 unspecified atom stereocenters. The summed E-state index contributed by atoms with van der Waals surface area (Å²) in [4.78, 5) is 23.3. The maximum Gasteiger partial charge on any atom is 0.260 e. The molecule has 6 heteroatoms. The van der Waals surface area contributed by atoms with Crippen molar-refractivity contribution in [3.05, 3.63) is 12.7 Å². The van der Waals surface area contributed by atoms with Gasteiger partial charge in [-0.2, -0.15) is 0 Å². The lowest BCUT2D eigenvalue weighted by Crippen LogP contribution is -2.36. The third-order valence-corrected chi connectivity index (χ3v) is 2.62. The van der Waals surface area contributed by atoms with Gasteiger partial charge in [0.25, 0.3) is 7.28 Å². The SMILES string of the molecule is C=C[C@H]1[C@H](O)CC(=O)N1CCC[B]C(=O)O. The van der Waals surface area contributed by atoms with Gasteiger partial charge in [-0.05, 0) is 6.42 Å². The number of aliphatic hydroxyl groups excluding tert-OH is 1. The number of hydrogen-bond donors (Lipinski definition) is 2. The number of rotatable bonds is 6. The summed E-state index contributed by atoms with van der Waals surface area (Å²) >= 11 is 0. The molecule has 1 amide bonds. The van der Waals surface area contributed by atoms with Crippen molar-refractivity contribution in [2.45, 2.75) is 31.3 Å². The van der Waals surface area contributed by atoms with Gasteiger partial charge in [0.15, 0.2) is 0 Å². The van der Waals surface area contributed by atoms with Gasteiger partial charge in [-0.1, -0.05) is 12.4 Å². The van der Waals surface area contributed by atoms with E-state index in [2.05, 4.69) is 6.58 Å². The highest BCUT2D eigenvalue weighted by atomic mass is 16.4. The topological polar surface area (TPSA) is 77.8 Å². The van der Waals surface area contributed by atoms with E-state index in [9.17, 15) is 14.7 Å². The Balaban J connectivity index is 2.37. The zero-order chi connectivity index (χ0) is 12.1. The van der Waals surface area contributed by atoms with Crippen molar-refractivity contribution < 1.29 is 19.8 Å². The highest BCUT2D eigenvalue weighted by Gasteiger charge is 2.35. The van der Waals surface area contributed by atoms with Crippen molar-refractivity contribution in [2.24, 2.45) is 0 Å². The number of carbonyl (C=O) groups is 2. The van der Waals surface area contributed by atoms with Gasteiger partial charge in [0, 0.05) is 6.54 Å². The Labute approximate surface area is 95.0 Å². The molecule has 1 rings (SSSR count). The van der Waals surface area contributed by atoms with E-state index in [1.807, 2.05) is 0 Å². The summed E-state index contributed by atoms with van der Waals surface area (Å²) in [5.41, 5.74) is 0. The van der Waals surface area contributed by atoms with Crippen LogP contribution in [0.15, 0.2) is 12.7 Å². The molecule has 0 aliphatic carbocycles. The van der Waals surface area contributed by atoms with Crippen LogP contribution in [0.2, 0.25) is 6.32 Å². The van der Waals surface area contributed by atoms with Crippen molar-refractivity contribution in [1.29, 1.82) is 0 Å². The van der Waals surface area contributed by atoms with Gasteiger partial charge in [0.05, 0.1) is 18.6 Å². The first-order valence-electron chi connectivity index (χ1n) is 5.22. The first-order chi connectivity index (χ1) is 7.56. The van der Waals surface area contributed by atoms with Crippen LogP contribution in [0.4, 0.5) is 4.79 Å². The van der Waals surface area contributed by atoms with Crippen LogP contribution >= 0.6 is 0 Å². The second-order valence-electron chi connectivity index (χ2n) is 3.77. The van der Waals surface area contributed by atoms with E-state index >= 15 is 0 Å². The van der Waals surface area contributed by atoms with Gasteiger partial charge in [0.2, 0.25) is 11.8 Å². The molecule has 5 nitrogen and oxygen atoms in total. The molecular weight excluding hydrogens is 209 g/mol. The van der Waals surface area contributed by atoms with Crippen LogP contribution in [0, 0.1) is 0 Å². The minimum Gasteiger partial charge on any atom is -0.490 e. The number of hydrogen-bond acceptors (Lipinski definition) is 3. The molecule has 0 aromatic rings. The summed E-state index contributed by atoms with van der Waals surface area (Å²) in [5, 5.41) is 17.9. The van der Waals surface area contributed by atoms with Gasteiger partial charge < -0.3 is 15.1 Å². The van der Waals surface area contributed by atoms with Crippen LogP contribution in [0.1, 0.15) is 12.8 Å². The molecule has 0 spiro atoms. The zero-order valence-corrected chi connectivity index (χ0v) is 9.00. The first-order valence-corrected chi connectivity index (χ1v) is 5.22. The lowest BCUT2D eigenvalue weighted by molar-refractivity contribution is -0.128. The molecule has 0 aromatic heterocycles. The number of aliphatic hydroxyl groups is 1. The molecule has 0 saturated carbocycles. The fourth-order valence-electron chi connectivity index (χ4n) is 1.84. The Morgan fingerprint density at radius 1 is 1.69 bits per heavy atom. The molecule has 87 valence electrons. The van der Waals surface area contributed by atoms with E-state index < -0.39 is 12.0 Å². The molecular formula is C10H15BNO4. The van der Waals surface area contributed by atoms with Crippen LogP contribution in [0.3, 0.4) is 0 Å². The number of carbonyl (C=O) groups excluding carboxylic acids is 1. The smallest absolute Gasteiger partial charge is 0.260 e. The van der Waals surface area contributed by atoms with Gasteiger partial charge in [-0.25, -0.2) is 0 Å². The fourth-order valence-corrected chi connectivity index (χ4v) is 1.84. The van der Waals surface area contributed by atoms with E-state index in [-0.39, 0.29) is 18.4 Å². The molecule has 16 heavy (non-hydrogen) atoms. The summed E-state index contributed by atoms with van der Waals surface area (Å²) in [6, 6.07) is -0.336. The Morgan fingerprint density at radius 3 is 2.94 bits per heavy atom. The van der Waals surface area contributed by atoms with Crippen molar-refractivity contribution >= 4 is 19.1 Å². The summed E-state index contributed by atoms with van der Waals surface area (Å²) in [7, 11) is 1.17. The number of nitrogens with zero attached hydrogens (tertiary/aromatic N) is 1. The van der Waals surface area contributed by atoms with Gasteiger partial charge in [-0.15, -0.1) is 6.58 Å². The maximum atomic E-state index is 11.5. The predicted molar refractivity (Wildman–Crippen MR) is 59.5 cm³/mol. The molecule has 2 atom stereocenters. The highest BCUT2D eigenvalue weighted by molar-refractivity contribution is 6.71. The average Bonchev–Trinajstić information content (AvgIpc) is 2.47. The van der Waals surface area contributed by atoms with Crippen LogP contribution in [0.5, 0.6) is 0 Å². The van der Waals surface area contributed by atoms with E-state index in [4.69, 9.17) is 5.11 Å². The van der Waals surface area contributed by atoms with Crippen molar-refractivity contribution in [3.63, 3.8) is 0 Å². The summed E-state index contributed by atoms with van der Waals surface area (Å²) < 4.78 is 0. The summed E-state index contributed by atoms with van der Waals surface area (Å²) in [6.45, 7) is 4.03. The zero-order valence-electron chi connectivity index (χ0n) is 9.00. The Bertz CT molecular complexity index is 295. The lowest BCUT2D eigenvalue weighted by atomic mass is 9.74. The predicted octanol–water partition coefficient (Wildman–Crippen LogP) is 0.325. The fraction of sp³-hybridized carbons (Fsp3) is 0.600. The van der Waals surface area contributed by atoms with Crippen LogP contribution in [0.25, 0.3) is 0 Å². The molecule has 1 aliphatic heterocycles. The number of carboxylic acid groups (broad SMARTS) is 1. The third-order valence-electron chi connectivity index (χ3n) is 2.62. The molecule has 1 fully saturated rings. The second-order valence-corrected chi connectivity index (χ2v) is 3.77. The van der Waals surface area contributed by atoms with Crippen molar-refractivity contribution in [3.8, 4) is 0 Å². The first kappa shape index (κ1) is 12.8. The monoisotopic (exact) mass is 224 g/mol. The Hall–Kier alpha value is -1.30. The molecule has 1 saturated heterocycles. The summed E-state index contributed by atoms with van der Waals surface area (Å²) in [6.07, 6.45) is 1.98. The molecule has 2 N–H and O–H groups in total. The van der Waals surface area contributed by atoms with Gasteiger partial charge in [-0.3, -0.25) is 9.59 Å². The minimum atomic E-state index is -0.951. The van der Waals surface area contributed by atoms with Crippen LogP contribution in [-0.4, -0.2) is 52.9 Å². The van der Waals surface area contributed by atoms with Crippen molar-refractivity contribution in [2.75, 3.05) is 6.54 Å². The molecule has 1 aliphatic rings. The third kappa shape index (κ3) is 3.10. The average molecular weight is 224 g/mol. The molecule has 0 bridgehead atoms. The molecule has 1 heterocycles. The number of amides is 1. The minimum absolute atomic E-state index is 0.104. The van der Waals surface area contributed by atoms with Crippen LogP contribution in [-0.2, 0) is 4.79 Å². The van der Waals surface area contributed by atoms with Crippen LogP contribution < -0.4 is 0 Å². The van der Waals surface area contributed by atoms with E-state index in [0.29, 0.717) is 19.3 Å².